The van der Waals surface area contributed by atoms with Crippen LogP contribution in [0.15, 0.2) is 36.4 Å². The molecule has 0 amide bonds. The van der Waals surface area contributed by atoms with Gasteiger partial charge in [0, 0.05) is 5.56 Å². The molecule has 21 heavy (non-hydrogen) atoms. The zero-order valence-electron chi connectivity index (χ0n) is 12.4. The Morgan fingerprint density at radius 2 is 1.95 bits per heavy atom. The van der Waals surface area contributed by atoms with E-state index in [1.54, 1.807) is 0 Å². The molecule has 0 spiro atoms. The average Bonchev–Trinajstić information content (AvgIpc) is 2.96. The van der Waals surface area contributed by atoms with E-state index >= 15 is 0 Å². The molecular weight excluding hydrogens is 328 g/mol. The lowest BCUT2D eigenvalue weighted by atomic mass is 9.99. The maximum atomic E-state index is 5.77. The Morgan fingerprint density at radius 3 is 2.76 bits per heavy atom. The van der Waals surface area contributed by atoms with Crippen molar-refractivity contribution in [2.45, 2.75) is 31.9 Å². The Hall–Kier alpha value is -1.32. The molecule has 0 saturated carbocycles. The average molecular weight is 347 g/mol. The molecule has 0 saturated heterocycles. The molecule has 1 atom stereocenters. The number of halogens is 1. The predicted octanol–water partition coefficient (Wildman–Crippen LogP) is 4.91. The summed E-state index contributed by atoms with van der Waals surface area (Å²) in [7, 11) is 0. The highest BCUT2D eigenvalue weighted by atomic mass is 79.9. The van der Waals surface area contributed by atoms with Gasteiger partial charge in [0.1, 0.15) is 5.75 Å². The highest BCUT2D eigenvalue weighted by Gasteiger charge is 2.19. The fourth-order valence-electron chi connectivity index (χ4n) is 2.68. The molecule has 2 aromatic rings. The first-order chi connectivity index (χ1) is 10.2. The van der Waals surface area contributed by atoms with Crippen molar-refractivity contribution in [3.8, 4) is 5.75 Å². The van der Waals surface area contributed by atoms with E-state index in [0.717, 1.165) is 19.0 Å². The normalized spacial score (nSPS) is 14.8. The lowest BCUT2D eigenvalue weighted by Gasteiger charge is -2.17. The van der Waals surface area contributed by atoms with Crippen molar-refractivity contribution < 1.29 is 9.47 Å². The van der Waals surface area contributed by atoms with Gasteiger partial charge in [-0.2, -0.15) is 0 Å². The van der Waals surface area contributed by atoms with Crippen LogP contribution in [0.5, 0.6) is 5.75 Å². The van der Waals surface area contributed by atoms with Crippen molar-refractivity contribution in [2.24, 2.45) is 0 Å². The molecule has 2 aromatic carbocycles. The van der Waals surface area contributed by atoms with E-state index in [4.69, 9.17) is 9.47 Å². The largest absolute Gasteiger partial charge is 0.494 e. The molecule has 110 valence electrons. The smallest absolute Gasteiger partial charge is 0.123 e. The molecule has 1 unspecified atom stereocenters. The Labute approximate surface area is 134 Å². The van der Waals surface area contributed by atoms with Gasteiger partial charge in [-0.25, -0.2) is 0 Å². The molecular formula is C18H19BrO2. The second-order valence-corrected chi connectivity index (χ2v) is 6.27. The van der Waals surface area contributed by atoms with Crippen LogP contribution in [-0.2, 0) is 18.0 Å². The number of hydrogen-bond donors (Lipinski definition) is 0. The van der Waals surface area contributed by atoms with Crippen molar-refractivity contribution >= 4 is 15.9 Å². The summed E-state index contributed by atoms with van der Waals surface area (Å²) in [5.74, 6) is 0.946. The summed E-state index contributed by atoms with van der Waals surface area (Å²) in [6.45, 7) is 6.25. The monoisotopic (exact) mass is 346 g/mol. The second-order valence-electron chi connectivity index (χ2n) is 5.36. The van der Waals surface area contributed by atoms with E-state index in [-0.39, 0.29) is 4.83 Å². The molecule has 0 N–H and O–H groups in total. The Kier molecular flexibility index (Phi) is 4.32. The lowest BCUT2D eigenvalue weighted by molar-refractivity contribution is 0.134. The van der Waals surface area contributed by atoms with Gasteiger partial charge in [0.05, 0.1) is 24.6 Å². The predicted molar refractivity (Wildman–Crippen MR) is 88.1 cm³/mol. The van der Waals surface area contributed by atoms with Crippen LogP contribution in [0.3, 0.4) is 0 Å². The third-order valence-electron chi connectivity index (χ3n) is 3.78. The highest BCUT2D eigenvalue weighted by molar-refractivity contribution is 9.09. The molecule has 1 aliphatic heterocycles. The van der Waals surface area contributed by atoms with Crippen LogP contribution in [0.2, 0.25) is 0 Å². The van der Waals surface area contributed by atoms with Gasteiger partial charge in [-0.15, -0.1) is 0 Å². The first-order valence-electron chi connectivity index (χ1n) is 7.26. The summed E-state index contributed by atoms with van der Waals surface area (Å²) in [6, 6.07) is 12.9. The van der Waals surface area contributed by atoms with Crippen LogP contribution in [-0.4, -0.2) is 6.61 Å². The number of benzene rings is 2. The fraction of sp³-hybridized carbons (Fsp3) is 0.333. The van der Waals surface area contributed by atoms with E-state index in [0.29, 0.717) is 6.61 Å². The number of rotatable bonds is 4. The molecule has 0 fully saturated rings. The highest BCUT2D eigenvalue weighted by Crippen LogP contribution is 2.38. The van der Waals surface area contributed by atoms with Crippen LogP contribution < -0.4 is 4.74 Å². The number of aryl methyl sites for hydroxylation is 1. The van der Waals surface area contributed by atoms with E-state index in [1.165, 1.54) is 27.8 Å². The molecule has 0 radical (unpaired) electrons. The molecule has 0 aromatic heterocycles. The van der Waals surface area contributed by atoms with Gasteiger partial charge >= 0.3 is 0 Å². The second kappa shape index (κ2) is 6.20. The molecule has 0 bridgehead atoms. The van der Waals surface area contributed by atoms with Gasteiger partial charge in [0.15, 0.2) is 0 Å². The van der Waals surface area contributed by atoms with Crippen molar-refractivity contribution in [2.75, 3.05) is 6.61 Å². The van der Waals surface area contributed by atoms with E-state index in [9.17, 15) is 0 Å². The Morgan fingerprint density at radius 1 is 1.14 bits per heavy atom. The van der Waals surface area contributed by atoms with E-state index < -0.39 is 0 Å². The van der Waals surface area contributed by atoms with Gasteiger partial charge in [-0.1, -0.05) is 51.8 Å². The third-order valence-corrected chi connectivity index (χ3v) is 4.80. The standard InChI is InChI=1S/C18H19BrO2/c1-3-21-17-7-4-12(2)8-16(17)18(19)13-5-6-14-10-20-11-15(14)9-13/h4-9,18H,3,10-11H2,1-2H3. The fourth-order valence-corrected chi connectivity index (χ4v) is 3.32. The maximum absolute atomic E-state index is 5.77. The minimum atomic E-state index is 0.129. The molecule has 1 aliphatic rings. The number of alkyl halides is 1. The molecule has 0 aliphatic carbocycles. The first kappa shape index (κ1) is 14.6. The summed E-state index contributed by atoms with van der Waals surface area (Å²) in [6.07, 6.45) is 0. The van der Waals surface area contributed by atoms with Gasteiger partial charge in [-0.3, -0.25) is 0 Å². The first-order valence-corrected chi connectivity index (χ1v) is 8.17. The molecule has 3 rings (SSSR count). The van der Waals surface area contributed by atoms with Crippen LogP contribution >= 0.6 is 15.9 Å². The van der Waals surface area contributed by atoms with Crippen molar-refractivity contribution in [1.82, 2.24) is 0 Å². The molecule has 1 heterocycles. The minimum Gasteiger partial charge on any atom is -0.494 e. The topological polar surface area (TPSA) is 18.5 Å². The van der Waals surface area contributed by atoms with Crippen LogP contribution in [0.25, 0.3) is 0 Å². The molecule has 3 heteroatoms. The van der Waals surface area contributed by atoms with Gasteiger partial charge in [0.25, 0.3) is 0 Å². The number of fused-ring (bicyclic) bond motifs is 1. The Balaban J connectivity index is 1.97. The summed E-state index contributed by atoms with van der Waals surface area (Å²) >= 11 is 3.84. The third kappa shape index (κ3) is 2.99. The molecule has 2 nitrogen and oxygen atoms in total. The summed E-state index contributed by atoms with van der Waals surface area (Å²) in [4.78, 5) is 0.129. The van der Waals surface area contributed by atoms with Crippen molar-refractivity contribution in [3.63, 3.8) is 0 Å². The quantitative estimate of drug-likeness (QED) is 0.732. The van der Waals surface area contributed by atoms with E-state index in [2.05, 4.69) is 59.3 Å². The number of ether oxygens (including phenoxy) is 2. The summed E-state index contributed by atoms with van der Waals surface area (Å²) in [5, 5.41) is 0. The zero-order chi connectivity index (χ0) is 14.8. The van der Waals surface area contributed by atoms with Gasteiger partial charge in [-0.05, 0) is 36.6 Å². The summed E-state index contributed by atoms with van der Waals surface area (Å²) < 4.78 is 11.3. The number of hydrogen-bond acceptors (Lipinski definition) is 2. The van der Waals surface area contributed by atoms with Crippen molar-refractivity contribution in [1.29, 1.82) is 0 Å². The van der Waals surface area contributed by atoms with Crippen LogP contribution in [0.1, 0.15) is 39.6 Å². The lowest BCUT2D eigenvalue weighted by Crippen LogP contribution is -2.01. The SMILES string of the molecule is CCOc1ccc(C)cc1C(Br)c1ccc2c(c1)COC2. The van der Waals surface area contributed by atoms with Crippen LogP contribution in [0, 0.1) is 6.92 Å². The van der Waals surface area contributed by atoms with Crippen molar-refractivity contribution in [3.05, 3.63) is 64.2 Å². The Bertz CT molecular complexity index is 652. The zero-order valence-corrected chi connectivity index (χ0v) is 13.9. The summed E-state index contributed by atoms with van der Waals surface area (Å²) in [5.41, 5.74) is 6.25. The van der Waals surface area contributed by atoms with Crippen LogP contribution in [0.4, 0.5) is 0 Å². The maximum Gasteiger partial charge on any atom is 0.123 e. The minimum absolute atomic E-state index is 0.129. The van der Waals surface area contributed by atoms with E-state index in [1.807, 2.05) is 6.92 Å². The van der Waals surface area contributed by atoms with Gasteiger partial charge < -0.3 is 9.47 Å². The van der Waals surface area contributed by atoms with Gasteiger partial charge in [0.2, 0.25) is 0 Å².